The number of hydrogen-bond donors (Lipinski definition) is 1. The van der Waals surface area contributed by atoms with Crippen molar-refractivity contribution >= 4 is 23.6 Å². The summed E-state index contributed by atoms with van der Waals surface area (Å²) in [5.41, 5.74) is -0.751. The van der Waals surface area contributed by atoms with Crippen molar-refractivity contribution in [1.82, 2.24) is 24.6 Å². The first-order valence-electron chi connectivity index (χ1n) is 10.1. The SMILES string of the molecule is CC1Cn2c(nnc2C2CCCN(C(=O)O)C2)C(=O)N1Cc1cccc(C(F)(F)F)c1Cl. The molecule has 1 N–H and O–H groups in total. The van der Waals surface area contributed by atoms with Crippen LogP contribution < -0.4 is 0 Å². The second-order valence-electron chi connectivity index (χ2n) is 8.12. The van der Waals surface area contributed by atoms with Crippen LogP contribution in [0.5, 0.6) is 0 Å². The van der Waals surface area contributed by atoms with Crippen LogP contribution in [0.1, 0.15) is 53.3 Å². The first kappa shape index (κ1) is 22.4. The van der Waals surface area contributed by atoms with Crippen molar-refractivity contribution in [2.75, 3.05) is 13.1 Å². The lowest BCUT2D eigenvalue weighted by molar-refractivity contribution is -0.137. The molecule has 32 heavy (non-hydrogen) atoms. The number of nitrogens with zero attached hydrogens (tertiary/aromatic N) is 5. The van der Waals surface area contributed by atoms with E-state index in [-0.39, 0.29) is 36.4 Å². The van der Waals surface area contributed by atoms with Crippen molar-refractivity contribution < 1.29 is 27.9 Å². The number of rotatable bonds is 3. The highest BCUT2D eigenvalue weighted by Crippen LogP contribution is 2.37. The Morgan fingerprint density at radius 3 is 2.72 bits per heavy atom. The molecule has 3 heterocycles. The van der Waals surface area contributed by atoms with Gasteiger partial charge in [0, 0.05) is 38.1 Å². The van der Waals surface area contributed by atoms with Gasteiger partial charge in [-0.25, -0.2) is 4.79 Å². The van der Waals surface area contributed by atoms with Crippen molar-refractivity contribution in [3.63, 3.8) is 0 Å². The number of alkyl halides is 3. The third-order valence-corrected chi connectivity index (χ3v) is 6.44. The molecule has 4 rings (SSSR count). The standard InChI is InChI=1S/C20H21ClF3N5O3/c1-11-8-29-16(13-5-3-7-27(9-13)19(31)32)25-26-17(29)18(30)28(11)10-12-4-2-6-14(15(12)21)20(22,23)24/h2,4,6,11,13H,3,5,7-10H2,1H3,(H,31,32). The third kappa shape index (κ3) is 4.01. The zero-order chi connectivity index (χ0) is 23.2. The van der Waals surface area contributed by atoms with Crippen molar-refractivity contribution in [2.45, 2.75) is 51.0 Å². The second kappa shape index (κ2) is 8.27. The Hall–Kier alpha value is -2.82. The van der Waals surface area contributed by atoms with Crippen LogP contribution in [-0.2, 0) is 19.3 Å². The molecule has 1 saturated heterocycles. The number of hydrogen-bond acceptors (Lipinski definition) is 4. The average Bonchev–Trinajstić information content (AvgIpc) is 3.15. The molecule has 12 heteroatoms. The molecule has 2 aliphatic rings. The monoisotopic (exact) mass is 471 g/mol. The lowest BCUT2D eigenvalue weighted by Crippen LogP contribution is -2.47. The van der Waals surface area contributed by atoms with Gasteiger partial charge in [-0.3, -0.25) is 4.79 Å². The smallest absolute Gasteiger partial charge is 0.417 e. The van der Waals surface area contributed by atoms with Gasteiger partial charge >= 0.3 is 12.3 Å². The molecular formula is C20H21ClF3N5O3. The van der Waals surface area contributed by atoms with Crippen LogP contribution in [0.15, 0.2) is 18.2 Å². The Morgan fingerprint density at radius 1 is 1.28 bits per heavy atom. The highest BCUT2D eigenvalue weighted by molar-refractivity contribution is 6.32. The highest BCUT2D eigenvalue weighted by Gasteiger charge is 2.38. The summed E-state index contributed by atoms with van der Waals surface area (Å²) in [7, 11) is 0. The molecule has 1 aromatic carbocycles. The van der Waals surface area contributed by atoms with E-state index in [0.717, 1.165) is 12.5 Å². The van der Waals surface area contributed by atoms with Crippen LogP contribution in [0.3, 0.4) is 0 Å². The van der Waals surface area contributed by atoms with E-state index in [1.807, 2.05) is 0 Å². The van der Waals surface area contributed by atoms with Gasteiger partial charge < -0.3 is 19.5 Å². The maximum absolute atomic E-state index is 13.2. The van der Waals surface area contributed by atoms with Gasteiger partial charge in [0.15, 0.2) is 0 Å². The zero-order valence-corrected chi connectivity index (χ0v) is 17.9. The summed E-state index contributed by atoms with van der Waals surface area (Å²) in [6.45, 7) is 2.77. The van der Waals surface area contributed by atoms with Crippen LogP contribution in [-0.4, -0.2) is 60.8 Å². The number of carbonyl (C=O) groups excluding carboxylic acids is 1. The summed E-state index contributed by atoms with van der Waals surface area (Å²) < 4.78 is 41.3. The lowest BCUT2D eigenvalue weighted by atomic mass is 9.97. The van der Waals surface area contributed by atoms with Crippen LogP contribution in [0, 0.1) is 0 Å². The minimum absolute atomic E-state index is 0.0913. The van der Waals surface area contributed by atoms with Gasteiger partial charge in [0.05, 0.1) is 10.6 Å². The van der Waals surface area contributed by atoms with E-state index in [1.54, 1.807) is 11.5 Å². The summed E-state index contributed by atoms with van der Waals surface area (Å²) in [4.78, 5) is 27.2. The van der Waals surface area contributed by atoms with Gasteiger partial charge in [0.1, 0.15) is 5.82 Å². The maximum atomic E-state index is 13.2. The third-order valence-electron chi connectivity index (χ3n) is 5.99. The number of likely N-dealkylation sites (tertiary alicyclic amines) is 1. The predicted molar refractivity (Wildman–Crippen MR) is 107 cm³/mol. The summed E-state index contributed by atoms with van der Waals surface area (Å²) in [6.07, 6.45) is -4.18. The zero-order valence-electron chi connectivity index (χ0n) is 17.1. The highest BCUT2D eigenvalue weighted by atomic mass is 35.5. The minimum atomic E-state index is -4.59. The molecule has 2 atom stereocenters. The quantitative estimate of drug-likeness (QED) is 0.734. The number of amides is 2. The number of carbonyl (C=O) groups is 2. The number of fused-ring (bicyclic) bond motifs is 1. The van der Waals surface area contributed by atoms with Gasteiger partial charge in [-0.05, 0) is 31.4 Å². The van der Waals surface area contributed by atoms with E-state index >= 15 is 0 Å². The lowest BCUT2D eigenvalue weighted by Gasteiger charge is -2.36. The number of halogens is 4. The molecule has 0 bridgehead atoms. The van der Waals surface area contributed by atoms with E-state index in [0.29, 0.717) is 25.3 Å². The van der Waals surface area contributed by atoms with Gasteiger partial charge in [-0.2, -0.15) is 13.2 Å². The van der Waals surface area contributed by atoms with E-state index in [1.165, 1.54) is 21.9 Å². The molecule has 2 amide bonds. The van der Waals surface area contributed by atoms with Crippen LogP contribution in [0.4, 0.5) is 18.0 Å². The minimum Gasteiger partial charge on any atom is -0.465 e. The van der Waals surface area contributed by atoms with E-state index < -0.39 is 28.8 Å². The fraction of sp³-hybridized carbons (Fsp3) is 0.500. The normalized spacial score (nSPS) is 21.6. The van der Waals surface area contributed by atoms with Crippen molar-refractivity contribution in [3.05, 3.63) is 46.0 Å². The molecule has 172 valence electrons. The summed E-state index contributed by atoms with van der Waals surface area (Å²) in [5, 5.41) is 17.1. The molecular weight excluding hydrogens is 451 g/mol. The Labute approximate surface area is 186 Å². The predicted octanol–water partition coefficient (Wildman–Crippen LogP) is 3.85. The molecule has 2 unspecified atom stereocenters. The Morgan fingerprint density at radius 2 is 2.03 bits per heavy atom. The molecule has 0 radical (unpaired) electrons. The molecule has 8 nitrogen and oxygen atoms in total. The molecule has 2 aliphatic heterocycles. The molecule has 0 spiro atoms. The number of carboxylic acid groups (broad SMARTS) is 1. The Balaban J connectivity index is 1.59. The first-order chi connectivity index (χ1) is 15.1. The van der Waals surface area contributed by atoms with E-state index in [4.69, 9.17) is 11.6 Å². The fourth-order valence-electron chi connectivity index (χ4n) is 4.34. The summed E-state index contributed by atoms with van der Waals surface area (Å²) in [5.74, 6) is 0.0176. The van der Waals surface area contributed by atoms with Gasteiger partial charge in [0.2, 0.25) is 5.82 Å². The Bertz CT molecular complexity index is 1060. The van der Waals surface area contributed by atoms with Gasteiger partial charge in [0.25, 0.3) is 5.91 Å². The summed E-state index contributed by atoms with van der Waals surface area (Å²) in [6, 6.07) is 3.28. The average molecular weight is 472 g/mol. The Kier molecular flexibility index (Phi) is 5.78. The fourth-order valence-corrected chi connectivity index (χ4v) is 4.63. The number of aromatic nitrogens is 3. The van der Waals surface area contributed by atoms with E-state index in [9.17, 15) is 27.9 Å². The summed E-state index contributed by atoms with van der Waals surface area (Å²) >= 11 is 6.01. The topological polar surface area (TPSA) is 91.6 Å². The number of benzene rings is 1. The molecule has 1 fully saturated rings. The first-order valence-corrected chi connectivity index (χ1v) is 10.5. The van der Waals surface area contributed by atoms with Crippen molar-refractivity contribution in [2.24, 2.45) is 0 Å². The van der Waals surface area contributed by atoms with Gasteiger partial charge in [-0.15, -0.1) is 10.2 Å². The molecule has 0 aliphatic carbocycles. The van der Waals surface area contributed by atoms with Crippen LogP contribution >= 0.6 is 11.6 Å². The molecule has 0 saturated carbocycles. The van der Waals surface area contributed by atoms with E-state index in [2.05, 4.69) is 10.2 Å². The second-order valence-corrected chi connectivity index (χ2v) is 8.50. The van der Waals surface area contributed by atoms with Crippen LogP contribution in [0.2, 0.25) is 5.02 Å². The largest absolute Gasteiger partial charge is 0.465 e. The van der Waals surface area contributed by atoms with Crippen LogP contribution in [0.25, 0.3) is 0 Å². The van der Waals surface area contributed by atoms with Gasteiger partial charge in [-0.1, -0.05) is 23.7 Å². The number of piperidine rings is 1. The van der Waals surface area contributed by atoms with Crippen molar-refractivity contribution in [1.29, 1.82) is 0 Å². The maximum Gasteiger partial charge on any atom is 0.417 e. The molecule has 2 aromatic rings. The molecule has 1 aromatic heterocycles. The van der Waals surface area contributed by atoms with Crippen molar-refractivity contribution in [3.8, 4) is 0 Å².